The lowest BCUT2D eigenvalue weighted by atomic mass is 9.67. The summed E-state index contributed by atoms with van der Waals surface area (Å²) in [5.74, 6) is -0.278. The maximum absolute atomic E-state index is 15.0. The van der Waals surface area contributed by atoms with Crippen LogP contribution in [-0.4, -0.2) is 54.5 Å². The smallest absolute Gasteiger partial charge is 0.409 e. The van der Waals surface area contributed by atoms with Crippen molar-refractivity contribution >= 4 is 18.0 Å². The van der Waals surface area contributed by atoms with Gasteiger partial charge < -0.3 is 15.4 Å². The summed E-state index contributed by atoms with van der Waals surface area (Å²) < 4.78 is 20.0. The third kappa shape index (κ3) is 3.63. The second-order valence-corrected chi connectivity index (χ2v) is 8.85. The van der Waals surface area contributed by atoms with Crippen molar-refractivity contribution in [3.8, 4) is 0 Å². The molecule has 1 saturated heterocycles. The number of hydrogen-bond donors (Lipinski definition) is 1. The number of amides is 2. The van der Waals surface area contributed by atoms with Crippen LogP contribution < -0.4 is 5.73 Å². The van der Waals surface area contributed by atoms with Crippen molar-refractivity contribution in [1.29, 1.82) is 0 Å². The lowest BCUT2D eigenvalue weighted by Crippen LogP contribution is -2.58. The molecular formula is C22H31FN4O3. The maximum atomic E-state index is 15.0. The number of hydrogen-bond acceptors (Lipinski definition) is 5. The molecule has 2 heterocycles. The number of nitrogens with two attached hydrogens (primary N) is 1. The number of ether oxygens (including phenoxy) is 1. The minimum atomic E-state index is -1.13. The Morgan fingerprint density at radius 3 is 2.73 bits per heavy atom. The predicted molar refractivity (Wildman–Crippen MR) is 112 cm³/mol. The van der Waals surface area contributed by atoms with Gasteiger partial charge in [0.1, 0.15) is 11.4 Å². The van der Waals surface area contributed by atoms with Gasteiger partial charge in [-0.1, -0.05) is 12.1 Å². The third-order valence-corrected chi connectivity index (χ3v) is 6.63. The summed E-state index contributed by atoms with van der Waals surface area (Å²) in [5, 5.41) is 0. The number of nitrogens with zero attached hydrogens (tertiary/aromatic N) is 3. The van der Waals surface area contributed by atoms with Crippen LogP contribution >= 0.6 is 0 Å². The second kappa shape index (κ2) is 7.89. The molecule has 1 aromatic rings. The second-order valence-electron chi connectivity index (χ2n) is 8.85. The first-order chi connectivity index (χ1) is 14.0. The lowest BCUT2D eigenvalue weighted by Gasteiger charge is -2.46. The molecule has 30 heavy (non-hydrogen) atoms. The molecule has 2 aliphatic heterocycles. The summed E-state index contributed by atoms with van der Waals surface area (Å²) in [7, 11) is 1.57. The molecule has 2 N–H and O–H groups in total. The van der Waals surface area contributed by atoms with Crippen LogP contribution in [0.4, 0.5) is 9.18 Å². The lowest BCUT2D eigenvalue weighted by molar-refractivity contribution is -0.140. The molecule has 1 fully saturated rings. The zero-order valence-electron chi connectivity index (χ0n) is 18.4. The van der Waals surface area contributed by atoms with Crippen LogP contribution in [0.25, 0.3) is 0 Å². The van der Waals surface area contributed by atoms with E-state index in [2.05, 4.69) is 4.99 Å². The molecule has 8 heteroatoms. The molecule has 0 saturated carbocycles. The zero-order chi connectivity index (χ0) is 22.3. The van der Waals surface area contributed by atoms with Gasteiger partial charge in [0, 0.05) is 25.7 Å². The van der Waals surface area contributed by atoms with Gasteiger partial charge in [0.2, 0.25) is 5.91 Å². The van der Waals surface area contributed by atoms with Gasteiger partial charge in [0.05, 0.1) is 12.0 Å². The Hall–Kier alpha value is -2.64. The van der Waals surface area contributed by atoms with E-state index in [1.165, 1.54) is 11.0 Å². The van der Waals surface area contributed by atoms with E-state index in [9.17, 15) is 14.0 Å². The van der Waals surface area contributed by atoms with Crippen molar-refractivity contribution in [2.75, 3.05) is 26.7 Å². The van der Waals surface area contributed by atoms with Gasteiger partial charge in [0.15, 0.2) is 5.96 Å². The quantitative estimate of drug-likeness (QED) is 0.814. The molecule has 1 aromatic carbocycles. The molecule has 0 aromatic heterocycles. The van der Waals surface area contributed by atoms with E-state index < -0.39 is 16.8 Å². The number of guanidine groups is 1. The summed E-state index contributed by atoms with van der Waals surface area (Å²) in [5.41, 5.74) is 5.17. The number of aliphatic imine (C=N–C) groups is 1. The van der Waals surface area contributed by atoms with Crippen LogP contribution in [0.2, 0.25) is 0 Å². The highest BCUT2D eigenvalue weighted by Gasteiger charge is 2.53. The molecule has 0 spiro atoms. The number of carbonyl (C=O) groups is 2. The minimum absolute atomic E-state index is 0.0764. The molecule has 7 nitrogen and oxygen atoms in total. The average Bonchev–Trinajstić information content (AvgIpc) is 3.15. The molecule has 1 unspecified atom stereocenters. The van der Waals surface area contributed by atoms with Gasteiger partial charge in [-0.2, -0.15) is 0 Å². The molecule has 164 valence electrons. The van der Waals surface area contributed by atoms with Crippen LogP contribution in [0.5, 0.6) is 0 Å². The molecule has 2 aliphatic rings. The van der Waals surface area contributed by atoms with Crippen LogP contribution in [-0.2, 0) is 21.5 Å². The fraction of sp³-hybridized carbons (Fsp3) is 0.591. The highest BCUT2D eigenvalue weighted by Crippen LogP contribution is 2.47. The summed E-state index contributed by atoms with van der Waals surface area (Å²) in [6, 6.07) is 4.98. The fourth-order valence-corrected chi connectivity index (χ4v) is 4.36. The van der Waals surface area contributed by atoms with Crippen molar-refractivity contribution in [3.63, 3.8) is 0 Å². The molecule has 0 radical (unpaired) electrons. The first-order valence-electron chi connectivity index (χ1n) is 10.3. The van der Waals surface area contributed by atoms with Gasteiger partial charge in [-0.15, -0.1) is 0 Å². The summed E-state index contributed by atoms with van der Waals surface area (Å²) in [6.07, 6.45) is 1.28. The summed E-state index contributed by atoms with van der Waals surface area (Å²) >= 11 is 0. The number of carbonyl (C=O) groups excluding carboxylic acids is 2. The Bertz CT molecular complexity index is 885. The topological polar surface area (TPSA) is 88.2 Å². The SMILES string of the molecule is CCOC(=O)N1CCC(Cc2ccc(F)c([C@@]3(C)N=C(N)N(C)C(=O)C3(C)C)c2)C1. The molecular weight excluding hydrogens is 387 g/mol. The van der Waals surface area contributed by atoms with Gasteiger partial charge in [-0.05, 0) is 58.1 Å². The normalized spacial score (nSPS) is 26.0. The van der Waals surface area contributed by atoms with Crippen molar-refractivity contribution in [3.05, 3.63) is 35.1 Å². The Morgan fingerprint density at radius 1 is 1.37 bits per heavy atom. The van der Waals surface area contributed by atoms with Crippen LogP contribution in [0.15, 0.2) is 23.2 Å². The molecule has 0 bridgehead atoms. The van der Waals surface area contributed by atoms with E-state index in [0.29, 0.717) is 31.7 Å². The maximum Gasteiger partial charge on any atom is 0.409 e. The number of rotatable bonds is 4. The Labute approximate surface area is 177 Å². The largest absolute Gasteiger partial charge is 0.450 e. The van der Waals surface area contributed by atoms with Gasteiger partial charge in [-0.25, -0.2) is 14.2 Å². The van der Waals surface area contributed by atoms with Crippen molar-refractivity contribution in [1.82, 2.24) is 9.80 Å². The zero-order valence-corrected chi connectivity index (χ0v) is 18.4. The third-order valence-electron chi connectivity index (χ3n) is 6.63. The van der Waals surface area contributed by atoms with Crippen molar-refractivity contribution < 1.29 is 18.7 Å². The monoisotopic (exact) mass is 418 g/mol. The standard InChI is InChI=1S/C22H31FN4O3/c1-6-30-20(29)27-10-9-15(13-27)11-14-7-8-17(23)16(12-14)22(4)21(2,3)18(28)26(5)19(24)25-22/h7-8,12,15H,6,9-11,13H2,1-5H3,(H2,24,25)/t15?,22-/m1/s1. The van der Waals surface area contributed by atoms with Gasteiger partial charge >= 0.3 is 6.09 Å². The Morgan fingerprint density at radius 2 is 2.07 bits per heavy atom. The minimum Gasteiger partial charge on any atom is -0.450 e. The predicted octanol–water partition coefficient (Wildman–Crippen LogP) is 2.87. The first kappa shape index (κ1) is 22.1. The number of benzene rings is 1. The van der Waals surface area contributed by atoms with E-state index >= 15 is 0 Å². The van der Waals surface area contributed by atoms with E-state index in [0.717, 1.165) is 12.0 Å². The van der Waals surface area contributed by atoms with E-state index in [1.54, 1.807) is 51.8 Å². The van der Waals surface area contributed by atoms with E-state index in [1.807, 2.05) is 0 Å². The Balaban J connectivity index is 1.88. The van der Waals surface area contributed by atoms with Crippen LogP contribution in [0.1, 0.15) is 45.2 Å². The van der Waals surface area contributed by atoms with Gasteiger partial charge in [-0.3, -0.25) is 9.69 Å². The summed E-state index contributed by atoms with van der Waals surface area (Å²) in [6.45, 7) is 8.70. The molecule has 0 aliphatic carbocycles. The van der Waals surface area contributed by atoms with Crippen molar-refractivity contribution in [2.45, 2.75) is 46.1 Å². The molecule has 2 amide bonds. The highest BCUT2D eigenvalue weighted by molar-refractivity contribution is 6.01. The van der Waals surface area contributed by atoms with E-state index in [-0.39, 0.29) is 23.9 Å². The average molecular weight is 419 g/mol. The number of halogens is 1. The summed E-state index contributed by atoms with van der Waals surface area (Å²) in [4.78, 5) is 32.4. The fourth-order valence-electron chi connectivity index (χ4n) is 4.36. The molecule has 3 rings (SSSR count). The highest BCUT2D eigenvalue weighted by atomic mass is 19.1. The number of likely N-dealkylation sites (tertiary alicyclic amines) is 1. The van der Waals surface area contributed by atoms with Crippen molar-refractivity contribution in [2.24, 2.45) is 22.1 Å². The van der Waals surface area contributed by atoms with Crippen LogP contribution in [0.3, 0.4) is 0 Å². The molecule has 2 atom stereocenters. The van der Waals surface area contributed by atoms with Crippen LogP contribution in [0, 0.1) is 17.2 Å². The Kier molecular flexibility index (Phi) is 5.80. The van der Waals surface area contributed by atoms with E-state index in [4.69, 9.17) is 10.5 Å². The first-order valence-corrected chi connectivity index (χ1v) is 10.3. The van der Waals surface area contributed by atoms with Gasteiger partial charge in [0.25, 0.3) is 0 Å².